The molecule has 4 heteroatoms. The number of nitrogens with zero attached hydrogens (tertiary/aromatic N) is 1. The number of aliphatic hydroxyl groups is 1. The summed E-state index contributed by atoms with van der Waals surface area (Å²) in [6, 6.07) is 0.107. The maximum atomic E-state index is 11.6. The maximum absolute atomic E-state index is 11.6. The summed E-state index contributed by atoms with van der Waals surface area (Å²) in [6.07, 6.45) is 2.22. The highest BCUT2D eigenvalue weighted by molar-refractivity contribution is 5.71. The van der Waals surface area contributed by atoms with Crippen molar-refractivity contribution in [3.05, 3.63) is 0 Å². The second kappa shape index (κ2) is 6.97. The molecule has 17 heavy (non-hydrogen) atoms. The lowest BCUT2D eigenvalue weighted by Gasteiger charge is -2.38. The molecular formula is C13H25NO3. The predicted molar refractivity (Wildman–Crippen MR) is 66.6 cm³/mol. The molecule has 1 aliphatic rings. The third-order valence-electron chi connectivity index (χ3n) is 3.33. The van der Waals surface area contributed by atoms with Gasteiger partial charge in [0.1, 0.15) is 0 Å². The number of esters is 1. The van der Waals surface area contributed by atoms with Crippen molar-refractivity contribution in [1.29, 1.82) is 0 Å². The quantitative estimate of drug-likeness (QED) is 0.739. The first-order chi connectivity index (χ1) is 8.04. The summed E-state index contributed by atoms with van der Waals surface area (Å²) in [7, 11) is 0. The van der Waals surface area contributed by atoms with Gasteiger partial charge in [-0.25, -0.2) is 0 Å². The van der Waals surface area contributed by atoms with Crippen molar-refractivity contribution in [2.45, 2.75) is 39.7 Å². The van der Waals surface area contributed by atoms with Gasteiger partial charge >= 0.3 is 5.97 Å². The molecule has 0 amide bonds. The zero-order chi connectivity index (χ0) is 12.8. The van der Waals surface area contributed by atoms with E-state index < -0.39 is 0 Å². The highest BCUT2D eigenvalue weighted by atomic mass is 16.5. The van der Waals surface area contributed by atoms with Gasteiger partial charge in [0.25, 0.3) is 0 Å². The van der Waals surface area contributed by atoms with E-state index in [4.69, 9.17) is 4.74 Å². The van der Waals surface area contributed by atoms with Crippen LogP contribution in [0.5, 0.6) is 0 Å². The van der Waals surface area contributed by atoms with E-state index in [2.05, 4.69) is 11.8 Å². The Morgan fingerprint density at radius 3 is 2.82 bits per heavy atom. The lowest BCUT2D eigenvalue weighted by molar-refractivity contribution is -0.147. The first-order valence-electron chi connectivity index (χ1n) is 6.55. The van der Waals surface area contributed by atoms with E-state index in [9.17, 15) is 9.90 Å². The molecule has 0 aromatic rings. The molecule has 2 unspecified atom stereocenters. The van der Waals surface area contributed by atoms with Crippen LogP contribution < -0.4 is 0 Å². The van der Waals surface area contributed by atoms with Crippen molar-refractivity contribution >= 4 is 5.97 Å². The minimum atomic E-state index is -0.175. The minimum Gasteiger partial charge on any atom is -0.464 e. The van der Waals surface area contributed by atoms with Crippen LogP contribution in [0.2, 0.25) is 0 Å². The van der Waals surface area contributed by atoms with Gasteiger partial charge in [-0.15, -0.1) is 0 Å². The molecule has 1 saturated heterocycles. The minimum absolute atomic E-state index is 0.107. The van der Waals surface area contributed by atoms with Crippen molar-refractivity contribution in [1.82, 2.24) is 4.90 Å². The fraction of sp³-hybridized carbons (Fsp3) is 0.923. The van der Waals surface area contributed by atoms with E-state index in [-0.39, 0.29) is 18.6 Å². The molecule has 1 rings (SSSR count). The van der Waals surface area contributed by atoms with E-state index in [0.717, 1.165) is 19.4 Å². The van der Waals surface area contributed by atoms with Crippen LogP contribution in [0.15, 0.2) is 0 Å². The summed E-state index contributed by atoms with van der Waals surface area (Å²) in [5.41, 5.74) is 0. The zero-order valence-electron chi connectivity index (χ0n) is 11.2. The Morgan fingerprint density at radius 2 is 2.24 bits per heavy atom. The van der Waals surface area contributed by atoms with E-state index in [0.29, 0.717) is 25.0 Å². The number of aliphatic hydroxyl groups excluding tert-OH is 1. The van der Waals surface area contributed by atoms with Crippen molar-refractivity contribution in [3.63, 3.8) is 0 Å². The van der Waals surface area contributed by atoms with Crippen LogP contribution >= 0.6 is 0 Å². The largest absolute Gasteiger partial charge is 0.464 e. The SMILES string of the molecule is CC(C)COC(=O)CN1CCCC(C)C1CO. The molecule has 100 valence electrons. The second-order valence-corrected chi connectivity index (χ2v) is 5.42. The lowest BCUT2D eigenvalue weighted by Crippen LogP contribution is -2.48. The van der Waals surface area contributed by atoms with Crippen LogP contribution in [0.3, 0.4) is 0 Å². The van der Waals surface area contributed by atoms with Crippen LogP contribution in [0.4, 0.5) is 0 Å². The van der Waals surface area contributed by atoms with Crippen LogP contribution in [-0.4, -0.2) is 48.3 Å². The Morgan fingerprint density at radius 1 is 1.53 bits per heavy atom. The number of hydrogen-bond donors (Lipinski definition) is 1. The fourth-order valence-electron chi connectivity index (χ4n) is 2.30. The van der Waals surface area contributed by atoms with E-state index in [1.807, 2.05) is 13.8 Å². The number of rotatable bonds is 5. The Bertz CT molecular complexity index is 243. The predicted octanol–water partition coefficient (Wildman–Crippen LogP) is 1.28. The average molecular weight is 243 g/mol. The standard InChI is InChI=1S/C13H25NO3/c1-10(2)9-17-13(16)7-14-6-4-5-11(3)12(14)8-15/h10-12,15H,4-9H2,1-3H3. The first-order valence-corrected chi connectivity index (χ1v) is 6.55. The Labute approximate surface area is 104 Å². The van der Waals surface area contributed by atoms with Crippen molar-refractivity contribution in [3.8, 4) is 0 Å². The molecule has 0 aromatic heterocycles. The maximum Gasteiger partial charge on any atom is 0.320 e. The highest BCUT2D eigenvalue weighted by Gasteiger charge is 2.29. The average Bonchev–Trinajstić information content (AvgIpc) is 2.27. The molecule has 0 saturated carbocycles. The number of carbonyl (C=O) groups excluding carboxylic acids is 1. The number of likely N-dealkylation sites (tertiary alicyclic amines) is 1. The summed E-state index contributed by atoms with van der Waals surface area (Å²) < 4.78 is 5.17. The molecule has 1 aliphatic heterocycles. The number of carbonyl (C=O) groups is 1. The topological polar surface area (TPSA) is 49.8 Å². The molecule has 0 radical (unpaired) electrons. The zero-order valence-corrected chi connectivity index (χ0v) is 11.2. The molecule has 4 nitrogen and oxygen atoms in total. The number of hydrogen-bond acceptors (Lipinski definition) is 4. The molecule has 1 heterocycles. The molecule has 0 aliphatic carbocycles. The molecule has 1 fully saturated rings. The van der Waals surface area contributed by atoms with E-state index >= 15 is 0 Å². The first kappa shape index (κ1) is 14.5. The second-order valence-electron chi connectivity index (χ2n) is 5.42. The summed E-state index contributed by atoms with van der Waals surface area (Å²) in [5, 5.41) is 9.37. The van der Waals surface area contributed by atoms with Crippen LogP contribution in [0.1, 0.15) is 33.6 Å². The van der Waals surface area contributed by atoms with Gasteiger partial charge in [0.2, 0.25) is 0 Å². The van der Waals surface area contributed by atoms with E-state index in [1.165, 1.54) is 0 Å². The summed E-state index contributed by atoms with van der Waals surface area (Å²) in [5.74, 6) is 0.644. The van der Waals surface area contributed by atoms with Crippen LogP contribution in [-0.2, 0) is 9.53 Å². The van der Waals surface area contributed by atoms with E-state index in [1.54, 1.807) is 0 Å². The Kier molecular flexibility index (Phi) is 5.92. The normalized spacial score (nSPS) is 26.2. The molecular weight excluding hydrogens is 218 g/mol. The smallest absolute Gasteiger partial charge is 0.320 e. The molecule has 2 atom stereocenters. The van der Waals surface area contributed by atoms with Gasteiger partial charge in [-0.05, 0) is 31.2 Å². The van der Waals surface area contributed by atoms with Gasteiger partial charge in [-0.1, -0.05) is 20.8 Å². The summed E-state index contributed by atoms with van der Waals surface area (Å²) >= 11 is 0. The monoisotopic (exact) mass is 243 g/mol. The highest BCUT2D eigenvalue weighted by Crippen LogP contribution is 2.22. The van der Waals surface area contributed by atoms with Gasteiger partial charge < -0.3 is 9.84 Å². The number of ether oxygens (including phenoxy) is 1. The Hall–Kier alpha value is -0.610. The van der Waals surface area contributed by atoms with Gasteiger partial charge in [0.15, 0.2) is 0 Å². The fourth-order valence-corrected chi connectivity index (χ4v) is 2.30. The van der Waals surface area contributed by atoms with Crippen molar-refractivity contribution in [2.75, 3.05) is 26.3 Å². The summed E-state index contributed by atoms with van der Waals surface area (Å²) in [4.78, 5) is 13.7. The van der Waals surface area contributed by atoms with Gasteiger partial charge in [-0.3, -0.25) is 9.69 Å². The molecule has 0 bridgehead atoms. The van der Waals surface area contributed by atoms with Crippen molar-refractivity contribution in [2.24, 2.45) is 11.8 Å². The van der Waals surface area contributed by atoms with Crippen LogP contribution in [0.25, 0.3) is 0 Å². The molecule has 0 spiro atoms. The molecule has 1 N–H and O–H groups in total. The van der Waals surface area contributed by atoms with Crippen LogP contribution in [0, 0.1) is 11.8 Å². The van der Waals surface area contributed by atoms with Crippen molar-refractivity contribution < 1.29 is 14.6 Å². The molecule has 0 aromatic carbocycles. The third kappa shape index (κ3) is 4.64. The Balaban J connectivity index is 2.40. The lowest BCUT2D eigenvalue weighted by atomic mass is 9.91. The van der Waals surface area contributed by atoms with Gasteiger partial charge in [0.05, 0.1) is 19.8 Å². The van der Waals surface area contributed by atoms with Gasteiger partial charge in [-0.2, -0.15) is 0 Å². The number of piperidine rings is 1. The van der Waals surface area contributed by atoms with Gasteiger partial charge in [0, 0.05) is 6.04 Å². The summed E-state index contributed by atoms with van der Waals surface area (Å²) in [6.45, 7) is 7.96. The third-order valence-corrected chi connectivity index (χ3v) is 3.33.